The highest BCUT2D eigenvalue weighted by Gasteiger charge is 2.08. The molecular weight excluding hydrogens is 266 g/mol. The number of carbonyl (C=O) groups is 1. The number of benzene rings is 1. The third-order valence-corrected chi connectivity index (χ3v) is 2.89. The van der Waals surface area contributed by atoms with E-state index in [1.54, 1.807) is 0 Å². The fourth-order valence-electron chi connectivity index (χ4n) is 1.75. The number of ether oxygens (including phenoxy) is 1. The van der Waals surface area contributed by atoms with Gasteiger partial charge in [-0.3, -0.25) is 4.79 Å². The quantitative estimate of drug-likeness (QED) is 0.772. The first-order chi connectivity index (χ1) is 9.51. The molecule has 0 radical (unpaired) electrons. The van der Waals surface area contributed by atoms with Gasteiger partial charge < -0.3 is 15.8 Å². The zero-order chi connectivity index (χ0) is 15.0. The van der Waals surface area contributed by atoms with E-state index in [4.69, 9.17) is 5.73 Å². The molecule has 1 rings (SSSR count). The monoisotopic (exact) mass is 286 g/mol. The highest BCUT2D eigenvalue weighted by Crippen LogP contribution is 2.18. The van der Waals surface area contributed by atoms with E-state index in [1.165, 1.54) is 24.3 Å². The molecule has 1 aromatic carbocycles. The van der Waals surface area contributed by atoms with Crippen molar-refractivity contribution in [2.24, 2.45) is 11.7 Å². The van der Waals surface area contributed by atoms with Gasteiger partial charge in [0.15, 0.2) is 0 Å². The standard InChI is InChI=1S/C14H20F2N2O2/c1-10(8-9-17)2-7-13(19)18-11-3-5-12(6-4-11)20-14(15)16/h3-6,10,14H,2,7-9,17H2,1H3,(H,18,19). The van der Waals surface area contributed by atoms with Crippen LogP contribution in [0.2, 0.25) is 0 Å². The SMILES string of the molecule is CC(CCN)CCC(=O)Nc1ccc(OC(F)F)cc1. The summed E-state index contributed by atoms with van der Waals surface area (Å²) in [5.74, 6) is 0.374. The average Bonchev–Trinajstić information content (AvgIpc) is 2.38. The molecule has 0 aromatic heterocycles. The summed E-state index contributed by atoms with van der Waals surface area (Å²) in [5.41, 5.74) is 6.00. The minimum atomic E-state index is -2.85. The first kappa shape index (κ1) is 16.4. The number of nitrogens with two attached hydrogens (primary N) is 1. The van der Waals surface area contributed by atoms with Crippen LogP contribution in [0, 0.1) is 5.92 Å². The third kappa shape index (κ3) is 6.47. The summed E-state index contributed by atoms with van der Waals surface area (Å²) in [6.07, 6.45) is 2.08. The molecule has 0 spiro atoms. The predicted octanol–water partition coefficient (Wildman–Crippen LogP) is 2.99. The van der Waals surface area contributed by atoms with E-state index in [0.717, 1.165) is 12.8 Å². The van der Waals surface area contributed by atoms with Crippen molar-refractivity contribution in [2.45, 2.75) is 32.8 Å². The van der Waals surface area contributed by atoms with Gasteiger partial charge in [0.2, 0.25) is 5.91 Å². The molecule has 0 aliphatic rings. The van der Waals surface area contributed by atoms with Gasteiger partial charge in [0.25, 0.3) is 0 Å². The van der Waals surface area contributed by atoms with Crippen LogP contribution >= 0.6 is 0 Å². The first-order valence-electron chi connectivity index (χ1n) is 6.56. The highest BCUT2D eigenvalue weighted by molar-refractivity contribution is 5.90. The van der Waals surface area contributed by atoms with Crippen LogP contribution in [0.25, 0.3) is 0 Å². The Morgan fingerprint density at radius 3 is 2.50 bits per heavy atom. The maximum Gasteiger partial charge on any atom is 0.387 e. The number of hydrogen-bond acceptors (Lipinski definition) is 3. The second-order valence-electron chi connectivity index (χ2n) is 4.67. The molecule has 0 saturated carbocycles. The molecule has 1 amide bonds. The average molecular weight is 286 g/mol. The maximum absolute atomic E-state index is 12.0. The molecule has 0 aliphatic heterocycles. The van der Waals surface area contributed by atoms with E-state index < -0.39 is 6.61 Å². The number of carbonyl (C=O) groups excluding carboxylic acids is 1. The predicted molar refractivity (Wildman–Crippen MR) is 73.8 cm³/mol. The van der Waals surface area contributed by atoms with Crippen LogP contribution in [0.1, 0.15) is 26.2 Å². The summed E-state index contributed by atoms with van der Waals surface area (Å²) >= 11 is 0. The molecule has 0 heterocycles. The molecule has 1 unspecified atom stereocenters. The van der Waals surface area contributed by atoms with E-state index in [0.29, 0.717) is 24.6 Å². The third-order valence-electron chi connectivity index (χ3n) is 2.89. The van der Waals surface area contributed by atoms with Crippen LogP contribution in [0.3, 0.4) is 0 Å². The second kappa shape index (κ2) is 8.47. The summed E-state index contributed by atoms with van der Waals surface area (Å²) in [4.78, 5) is 11.7. The van der Waals surface area contributed by atoms with Crippen LogP contribution < -0.4 is 15.8 Å². The van der Waals surface area contributed by atoms with Crippen LogP contribution in [-0.2, 0) is 4.79 Å². The summed E-state index contributed by atoms with van der Waals surface area (Å²) < 4.78 is 28.2. The molecule has 0 fully saturated rings. The summed E-state index contributed by atoms with van der Waals surface area (Å²) in [6, 6.07) is 5.83. The van der Waals surface area contributed by atoms with Gasteiger partial charge in [-0.2, -0.15) is 8.78 Å². The van der Waals surface area contributed by atoms with Crippen LogP contribution in [0.4, 0.5) is 14.5 Å². The van der Waals surface area contributed by atoms with E-state index in [-0.39, 0.29) is 11.7 Å². The lowest BCUT2D eigenvalue weighted by molar-refractivity contribution is -0.116. The topological polar surface area (TPSA) is 64.4 Å². The normalized spacial score (nSPS) is 12.2. The Labute approximate surface area is 117 Å². The Hall–Kier alpha value is -1.69. The lowest BCUT2D eigenvalue weighted by Crippen LogP contribution is -2.14. The van der Waals surface area contributed by atoms with E-state index in [9.17, 15) is 13.6 Å². The van der Waals surface area contributed by atoms with E-state index in [2.05, 4.69) is 17.0 Å². The Bertz CT molecular complexity index is 410. The highest BCUT2D eigenvalue weighted by atomic mass is 19.3. The molecule has 112 valence electrons. The first-order valence-corrected chi connectivity index (χ1v) is 6.56. The number of nitrogens with one attached hydrogen (secondary N) is 1. The van der Waals surface area contributed by atoms with E-state index in [1.807, 2.05) is 0 Å². The smallest absolute Gasteiger partial charge is 0.387 e. The fraction of sp³-hybridized carbons (Fsp3) is 0.500. The van der Waals surface area contributed by atoms with Gasteiger partial charge in [0.05, 0.1) is 0 Å². The molecule has 20 heavy (non-hydrogen) atoms. The van der Waals surface area contributed by atoms with Crippen molar-refractivity contribution >= 4 is 11.6 Å². The molecule has 0 bridgehead atoms. The zero-order valence-corrected chi connectivity index (χ0v) is 11.4. The molecular formula is C14H20F2N2O2. The van der Waals surface area contributed by atoms with Crippen molar-refractivity contribution < 1.29 is 18.3 Å². The lowest BCUT2D eigenvalue weighted by atomic mass is 10.0. The minimum absolute atomic E-state index is 0.0644. The van der Waals surface area contributed by atoms with Gasteiger partial charge in [0.1, 0.15) is 5.75 Å². The van der Waals surface area contributed by atoms with Crippen LogP contribution in [0.15, 0.2) is 24.3 Å². The van der Waals surface area contributed by atoms with Gasteiger partial charge in [-0.25, -0.2) is 0 Å². The number of hydrogen-bond donors (Lipinski definition) is 2. The van der Waals surface area contributed by atoms with Crippen molar-refractivity contribution in [3.8, 4) is 5.75 Å². The van der Waals surface area contributed by atoms with Gasteiger partial charge in [-0.15, -0.1) is 0 Å². The zero-order valence-electron chi connectivity index (χ0n) is 11.4. The van der Waals surface area contributed by atoms with Gasteiger partial charge in [-0.05, 0) is 49.6 Å². The second-order valence-corrected chi connectivity index (χ2v) is 4.67. The number of halogens is 2. The van der Waals surface area contributed by atoms with Crippen molar-refractivity contribution in [2.75, 3.05) is 11.9 Å². The minimum Gasteiger partial charge on any atom is -0.435 e. The molecule has 6 heteroatoms. The van der Waals surface area contributed by atoms with E-state index >= 15 is 0 Å². The summed E-state index contributed by atoms with van der Waals surface area (Å²) in [6.45, 7) is -0.176. The van der Waals surface area contributed by atoms with Crippen molar-refractivity contribution in [1.82, 2.24) is 0 Å². The van der Waals surface area contributed by atoms with Gasteiger partial charge >= 0.3 is 6.61 Å². The molecule has 0 saturated heterocycles. The Morgan fingerprint density at radius 2 is 1.95 bits per heavy atom. The summed E-state index contributed by atoms with van der Waals surface area (Å²) in [5, 5.41) is 2.71. The molecule has 1 aromatic rings. The van der Waals surface area contributed by atoms with Crippen molar-refractivity contribution in [3.63, 3.8) is 0 Å². The van der Waals surface area contributed by atoms with Gasteiger partial charge in [-0.1, -0.05) is 6.92 Å². The number of alkyl halides is 2. The Balaban J connectivity index is 2.38. The molecule has 4 nitrogen and oxygen atoms in total. The van der Waals surface area contributed by atoms with Crippen molar-refractivity contribution in [1.29, 1.82) is 0 Å². The molecule has 0 aliphatic carbocycles. The fourth-order valence-corrected chi connectivity index (χ4v) is 1.75. The number of anilines is 1. The summed E-state index contributed by atoms with van der Waals surface area (Å²) in [7, 11) is 0. The maximum atomic E-state index is 12.0. The Morgan fingerprint density at radius 1 is 1.30 bits per heavy atom. The largest absolute Gasteiger partial charge is 0.435 e. The molecule has 3 N–H and O–H groups in total. The Kier molecular flexibility index (Phi) is 6.93. The van der Waals surface area contributed by atoms with Crippen LogP contribution in [-0.4, -0.2) is 19.1 Å². The number of amides is 1. The van der Waals surface area contributed by atoms with Crippen molar-refractivity contribution in [3.05, 3.63) is 24.3 Å². The lowest BCUT2D eigenvalue weighted by Gasteiger charge is -2.10. The number of rotatable bonds is 8. The van der Waals surface area contributed by atoms with Gasteiger partial charge in [0, 0.05) is 12.1 Å². The van der Waals surface area contributed by atoms with Crippen LogP contribution in [0.5, 0.6) is 5.75 Å². The molecule has 1 atom stereocenters.